The van der Waals surface area contributed by atoms with Crippen LogP contribution in [0.15, 0.2) is 53.7 Å². The zero-order valence-electron chi connectivity index (χ0n) is 15.0. The fraction of sp³-hybridized carbons (Fsp3) is 0.200. The Morgan fingerprint density at radius 2 is 1.92 bits per heavy atom. The summed E-state index contributed by atoms with van der Waals surface area (Å²) < 4.78 is 3.21. The first-order valence-electron chi connectivity index (χ1n) is 8.46. The summed E-state index contributed by atoms with van der Waals surface area (Å²) in [6.07, 6.45) is 5.17. The van der Waals surface area contributed by atoms with E-state index in [2.05, 4.69) is 21.2 Å². The maximum Gasteiger partial charge on any atom is 0.293 e. The Labute approximate surface area is 150 Å². The second kappa shape index (κ2) is 6.22. The zero-order valence-corrected chi connectivity index (χ0v) is 15.0. The lowest BCUT2D eigenvalue weighted by molar-refractivity contribution is 0.633. The normalized spacial score (nSPS) is 11.2. The van der Waals surface area contributed by atoms with E-state index >= 15 is 0 Å². The summed E-state index contributed by atoms with van der Waals surface area (Å²) in [4.78, 5) is 17.2. The predicted octanol–water partition coefficient (Wildman–Crippen LogP) is 2.95. The van der Waals surface area contributed by atoms with Crippen molar-refractivity contribution in [3.8, 4) is 5.69 Å². The quantitative estimate of drug-likeness (QED) is 0.573. The Morgan fingerprint density at radius 1 is 1.08 bits per heavy atom. The summed E-state index contributed by atoms with van der Waals surface area (Å²) in [5.74, 6) is 0. The van der Waals surface area contributed by atoms with Crippen molar-refractivity contribution in [2.24, 2.45) is 0 Å². The Bertz CT molecular complexity index is 1160. The van der Waals surface area contributed by atoms with Gasteiger partial charge in [-0.15, -0.1) is 0 Å². The number of benzene rings is 1. The first-order chi connectivity index (χ1) is 12.5. The van der Waals surface area contributed by atoms with Gasteiger partial charge < -0.3 is 0 Å². The van der Waals surface area contributed by atoms with Gasteiger partial charge in [-0.05, 0) is 44.0 Å². The molecule has 3 aromatic heterocycles. The third kappa shape index (κ3) is 2.69. The lowest BCUT2D eigenvalue weighted by Crippen LogP contribution is -2.26. The lowest BCUT2D eigenvalue weighted by Gasteiger charge is -2.10. The van der Waals surface area contributed by atoms with Gasteiger partial charge in [-0.3, -0.25) is 9.78 Å². The van der Waals surface area contributed by atoms with Crippen molar-refractivity contribution in [1.82, 2.24) is 24.5 Å². The van der Waals surface area contributed by atoms with Crippen LogP contribution in [0.2, 0.25) is 0 Å². The smallest absolute Gasteiger partial charge is 0.265 e. The molecule has 0 saturated carbocycles. The van der Waals surface area contributed by atoms with Crippen molar-refractivity contribution in [2.75, 3.05) is 0 Å². The topological polar surface area (TPSA) is 65.6 Å². The van der Waals surface area contributed by atoms with Crippen molar-refractivity contribution in [3.05, 3.63) is 81.7 Å². The molecule has 0 atom stereocenters. The highest BCUT2D eigenvalue weighted by Gasteiger charge is 2.16. The van der Waals surface area contributed by atoms with Gasteiger partial charge in [0, 0.05) is 17.8 Å². The second-order valence-corrected chi connectivity index (χ2v) is 6.52. The minimum Gasteiger partial charge on any atom is -0.265 e. The molecule has 0 radical (unpaired) electrons. The van der Waals surface area contributed by atoms with Gasteiger partial charge in [-0.25, -0.2) is 9.36 Å². The van der Waals surface area contributed by atoms with Gasteiger partial charge in [-0.2, -0.15) is 10.2 Å². The van der Waals surface area contributed by atoms with Gasteiger partial charge >= 0.3 is 0 Å². The van der Waals surface area contributed by atoms with Crippen LogP contribution in [0.25, 0.3) is 16.6 Å². The zero-order chi connectivity index (χ0) is 18.3. The van der Waals surface area contributed by atoms with Crippen LogP contribution in [0.3, 0.4) is 0 Å². The van der Waals surface area contributed by atoms with Gasteiger partial charge in [0.1, 0.15) is 5.52 Å². The molecule has 26 heavy (non-hydrogen) atoms. The molecule has 0 aliphatic carbocycles. The summed E-state index contributed by atoms with van der Waals surface area (Å²) in [7, 11) is 0. The van der Waals surface area contributed by atoms with Gasteiger partial charge in [0.15, 0.2) is 0 Å². The van der Waals surface area contributed by atoms with Gasteiger partial charge in [0.2, 0.25) is 0 Å². The average Bonchev–Trinajstić information content (AvgIpc) is 3.06. The SMILES string of the molecule is Cc1ccc(-n2ncc3c(C)nn(Cc4cccnc4)c(=O)c32)c(C)c1. The molecular formula is C20H19N5O. The molecule has 4 aromatic rings. The van der Waals surface area contributed by atoms with Crippen LogP contribution in [-0.2, 0) is 6.54 Å². The van der Waals surface area contributed by atoms with E-state index in [1.54, 1.807) is 23.3 Å². The summed E-state index contributed by atoms with van der Waals surface area (Å²) in [5.41, 5.74) is 5.25. The van der Waals surface area contributed by atoms with E-state index in [0.717, 1.165) is 27.9 Å². The van der Waals surface area contributed by atoms with Crippen LogP contribution < -0.4 is 5.56 Å². The number of fused-ring (bicyclic) bond motifs is 1. The van der Waals surface area contributed by atoms with E-state index in [0.29, 0.717) is 12.1 Å². The minimum atomic E-state index is -0.160. The molecule has 0 saturated heterocycles. The fourth-order valence-corrected chi connectivity index (χ4v) is 3.22. The first kappa shape index (κ1) is 16.2. The number of rotatable bonds is 3. The van der Waals surface area contributed by atoms with Crippen molar-refractivity contribution in [1.29, 1.82) is 0 Å². The van der Waals surface area contributed by atoms with Gasteiger partial charge in [-0.1, -0.05) is 23.8 Å². The van der Waals surface area contributed by atoms with Crippen LogP contribution in [0.4, 0.5) is 0 Å². The molecule has 0 fully saturated rings. The Balaban J connectivity index is 1.93. The summed E-state index contributed by atoms with van der Waals surface area (Å²) >= 11 is 0. The van der Waals surface area contributed by atoms with Crippen molar-refractivity contribution in [3.63, 3.8) is 0 Å². The van der Waals surface area contributed by atoms with Crippen LogP contribution >= 0.6 is 0 Å². The van der Waals surface area contributed by atoms with Crippen molar-refractivity contribution in [2.45, 2.75) is 27.3 Å². The molecule has 130 valence electrons. The molecule has 1 aromatic carbocycles. The molecule has 6 nitrogen and oxygen atoms in total. The van der Waals surface area contributed by atoms with E-state index < -0.39 is 0 Å². The molecule has 0 unspecified atom stereocenters. The highest BCUT2D eigenvalue weighted by Crippen LogP contribution is 2.20. The van der Waals surface area contributed by atoms with E-state index in [1.807, 2.05) is 45.0 Å². The predicted molar refractivity (Wildman–Crippen MR) is 101 cm³/mol. The van der Waals surface area contributed by atoms with Crippen LogP contribution in [0, 0.1) is 20.8 Å². The minimum absolute atomic E-state index is 0.160. The third-order valence-electron chi connectivity index (χ3n) is 4.50. The van der Waals surface area contributed by atoms with E-state index in [1.165, 1.54) is 10.2 Å². The van der Waals surface area contributed by atoms with Gasteiger partial charge in [0.25, 0.3) is 5.56 Å². The maximum absolute atomic E-state index is 13.1. The highest BCUT2D eigenvalue weighted by molar-refractivity contribution is 5.81. The average molecular weight is 345 g/mol. The Kier molecular flexibility index (Phi) is 3.88. The van der Waals surface area contributed by atoms with Gasteiger partial charge in [0.05, 0.1) is 24.1 Å². The monoisotopic (exact) mass is 345 g/mol. The number of hydrogen-bond acceptors (Lipinski definition) is 4. The molecule has 4 rings (SSSR count). The molecule has 0 aliphatic rings. The first-order valence-corrected chi connectivity index (χ1v) is 8.46. The second-order valence-electron chi connectivity index (χ2n) is 6.52. The number of aryl methyl sites for hydroxylation is 3. The maximum atomic E-state index is 13.1. The Morgan fingerprint density at radius 3 is 2.65 bits per heavy atom. The number of nitrogens with zero attached hydrogens (tertiary/aromatic N) is 5. The fourth-order valence-electron chi connectivity index (χ4n) is 3.22. The van der Waals surface area contributed by atoms with Crippen LogP contribution in [-0.4, -0.2) is 24.5 Å². The van der Waals surface area contributed by atoms with Crippen LogP contribution in [0.1, 0.15) is 22.4 Å². The summed E-state index contributed by atoms with van der Waals surface area (Å²) in [6.45, 7) is 6.35. The highest BCUT2D eigenvalue weighted by atomic mass is 16.1. The molecule has 0 bridgehead atoms. The summed E-state index contributed by atoms with van der Waals surface area (Å²) in [6, 6.07) is 9.90. The lowest BCUT2D eigenvalue weighted by atomic mass is 10.1. The standard InChI is InChI=1S/C20H19N5O/c1-13-6-7-18(14(2)9-13)25-19-17(11-22-25)15(3)23-24(20(19)26)12-16-5-4-8-21-10-16/h4-11H,12H2,1-3H3. The molecule has 6 heteroatoms. The molecule has 0 aliphatic heterocycles. The van der Waals surface area contributed by atoms with E-state index in [4.69, 9.17) is 0 Å². The number of aromatic nitrogens is 5. The number of hydrogen-bond donors (Lipinski definition) is 0. The summed E-state index contributed by atoms with van der Waals surface area (Å²) in [5, 5.41) is 9.71. The van der Waals surface area contributed by atoms with Crippen molar-refractivity contribution >= 4 is 10.9 Å². The van der Waals surface area contributed by atoms with Crippen molar-refractivity contribution < 1.29 is 0 Å². The molecule has 3 heterocycles. The largest absolute Gasteiger partial charge is 0.293 e. The molecule has 0 spiro atoms. The molecule has 0 amide bonds. The van der Waals surface area contributed by atoms with E-state index in [-0.39, 0.29) is 5.56 Å². The Hall–Kier alpha value is -3.28. The molecule has 0 N–H and O–H groups in total. The molecular weight excluding hydrogens is 326 g/mol. The van der Waals surface area contributed by atoms with Crippen LogP contribution in [0.5, 0.6) is 0 Å². The third-order valence-corrected chi connectivity index (χ3v) is 4.50. The van der Waals surface area contributed by atoms with E-state index in [9.17, 15) is 4.79 Å². The number of pyridine rings is 1.